The highest BCUT2D eigenvalue weighted by atomic mass is 127. The van der Waals surface area contributed by atoms with Crippen LogP contribution in [0.4, 0.5) is 5.82 Å². The van der Waals surface area contributed by atoms with Crippen LogP contribution in [-0.2, 0) is 11.2 Å². The van der Waals surface area contributed by atoms with Crippen LogP contribution in [0.2, 0.25) is 0 Å². The smallest absolute Gasteiger partial charge is 0.252 e. The van der Waals surface area contributed by atoms with Crippen molar-refractivity contribution in [2.75, 3.05) is 11.9 Å². The molecule has 0 aliphatic rings. The fourth-order valence-corrected chi connectivity index (χ4v) is 3.39. The largest absolute Gasteiger partial charge is 0.343 e. The summed E-state index contributed by atoms with van der Waals surface area (Å²) in [4.78, 5) is 24.3. The van der Waals surface area contributed by atoms with Gasteiger partial charge in [-0.2, -0.15) is 5.10 Å². The molecule has 144 valence electrons. The van der Waals surface area contributed by atoms with Gasteiger partial charge in [0.15, 0.2) is 5.82 Å². The first-order valence-electron chi connectivity index (χ1n) is 9.04. The van der Waals surface area contributed by atoms with Gasteiger partial charge < -0.3 is 10.6 Å². The van der Waals surface area contributed by atoms with Crippen LogP contribution < -0.4 is 10.6 Å². The number of halogens is 1. The van der Waals surface area contributed by atoms with E-state index in [9.17, 15) is 9.59 Å². The van der Waals surface area contributed by atoms with Gasteiger partial charge in [0.25, 0.3) is 5.91 Å². The number of H-pyrrole nitrogens is 1. The molecular formula is C21H21IN4O2. The van der Waals surface area contributed by atoms with E-state index < -0.39 is 0 Å². The van der Waals surface area contributed by atoms with Crippen molar-refractivity contribution in [2.24, 2.45) is 0 Å². The third-order valence-corrected chi connectivity index (χ3v) is 5.12. The second kappa shape index (κ2) is 9.50. The minimum absolute atomic E-state index is 0.127. The van der Waals surface area contributed by atoms with Crippen molar-refractivity contribution in [1.29, 1.82) is 0 Å². The molecular weight excluding hydrogens is 467 g/mol. The maximum absolute atomic E-state index is 12.2. The van der Waals surface area contributed by atoms with Gasteiger partial charge in [0.05, 0.1) is 17.8 Å². The van der Waals surface area contributed by atoms with Crippen LogP contribution in [0.15, 0.2) is 54.6 Å². The Balaban J connectivity index is 1.55. The van der Waals surface area contributed by atoms with Crippen LogP contribution in [0.5, 0.6) is 0 Å². The summed E-state index contributed by atoms with van der Waals surface area (Å²) < 4.78 is 0.833. The Morgan fingerprint density at radius 3 is 2.57 bits per heavy atom. The number of carbonyl (C=O) groups is 2. The summed E-state index contributed by atoms with van der Waals surface area (Å²) >= 11 is 2.09. The van der Waals surface area contributed by atoms with Crippen LogP contribution in [0.25, 0.3) is 11.3 Å². The first kappa shape index (κ1) is 20.1. The van der Waals surface area contributed by atoms with E-state index >= 15 is 0 Å². The van der Waals surface area contributed by atoms with E-state index in [2.05, 4.69) is 62.5 Å². The molecule has 1 heterocycles. The third-order valence-electron chi connectivity index (χ3n) is 4.18. The molecule has 3 N–H and O–H groups in total. The molecule has 1 aromatic heterocycles. The summed E-state index contributed by atoms with van der Waals surface area (Å²) in [5, 5.41) is 12.4. The van der Waals surface area contributed by atoms with Gasteiger partial charge in [-0.05, 0) is 52.3 Å². The van der Waals surface area contributed by atoms with Crippen LogP contribution in [0.3, 0.4) is 0 Å². The Hall–Kier alpha value is -2.68. The third kappa shape index (κ3) is 5.19. The number of anilines is 1. The minimum Gasteiger partial charge on any atom is -0.343 e. The minimum atomic E-state index is -0.337. The fraction of sp³-hybridized carbons (Fsp3) is 0.190. The molecule has 0 fully saturated rings. The Kier molecular flexibility index (Phi) is 6.80. The number of carbonyl (C=O) groups excluding carboxylic acids is 2. The molecule has 2 amide bonds. The highest BCUT2D eigenvalue weighted by molar-refractivity contribution is 14.1. The lowest BCUT2D eigenvalue weighted by Gasteiger charge is -2.06. The number of hydrogen-bond donors (Lipinski definition) is 3. The maximum atomic E-state index is 12.2. The van der Waals surface area contributed by atoms with Gasteiger partial charge in [0.2, 0.25) is 5.91 Å². The van der Waals surface area contributed by atoms with Gasteiger partial charge in [-0.3, -0.25) is 14.7 Å². The molecule has 0 bridgehead atoms. The topological polar surface area (TPSA) is 86.9 Å². The van der Waals surface area contributed by atoms with E-state index in [4.69, 9.17) is 0 Å². The molecule has 0 spiro atoms. The monoisotopic (exact) mass is 488 g/mol. The fourth-order valence-electron chi connectivity index (χ4n) is 2.76. The Morgan fingerprint density at radius 1 is 1.11 bits per heavy atom. The zero-order valence-electron chi connectivity index (χ0n) is 15.5. The average molecular weight is 488 g/mol. The van der Waals surface area contributed by atoms with E-state index in [-0.39, 0.29) is 18.4 Å². The molecule has 28 heavy (non-hydrogen) atoms. The lowest BCUT2D eigenvalue weighted by Crippen LogP contribution is -2.33. The van der Waals surface area contributed by atoms with Crippen LogP contribution in [0.1, 0.15) is 29.3 Å². The average Bonchev–Trinajstić information content (AvgIpc) is 3.16. The Labute approximate surface area is 177 Å². The predicted octanol–water partition coefficient (Wildman–Crippen LogP) is 4.00. The molecule has 0 aliphatic heterocycles. The lowest BCUT2D eigenvalue weighted by atomic mass is 10.1. The lowest BCUT2D eigenvalue weighted by molar-refractivity contribution is -0.115. The molecule has 7 heteroatoms. The number of benzene rings is 2. The predicted molar refractivity (Wildman–Crippen MR) is 118 cm³/mol. The SMILES string of the molecule is CCCc1ccc(-c2cc(NC(=O)CNC(=O)c3ccccc3I)n[nH]2)cc1. The van der Waals surface area contributed by atoms with Crippen LogP contribution >= 0.6 is 22.6 Å². The van der Waals surface area contributed by atoms with Crippen molar-refractivity contribution in [3.8, 4) is 11.3 Å². The van der Waals surface area contributed by atoms with Crippen molar-refractivity contribution in [1.82, 2.24) is 15.5 Å². The number of rotatable bonds is 7. The van der Waals surface area contributed by atoms with Gasteiger partial charge in [0.1, 0.15) is 0 Å². The van der Waals surface area contributed by atoms with Crippen molar-refractivity contribution < 1.29 is 9.59 Å². The molecule has 0 radical (unpaired) electrons. The molecule has 0 aliphatic carbocycles. The Bertz CT molecular complexity index is 967. The maximum Gasteiger partial charge on any atom is 0.252 e. The molecule has 0 atom stereocenters. The number of aryl methyl sites for hydroxylation is 1. The van der Waals surface area contributed by atoms with Crippen LogP contribution in [0, 0.1) is 3.57 Å². The zero-order valence-corrected chi connectivity index (χ0v) is 17.6. The molecule has 2 aromatic carbocycles. The summed E-state index contributed by atoms with van der Waals surface area (Å²) in [6.45, 7) is 2.03. The molecule has 0 saturated heterocycles. The second-order valence-corrected chi connectivity index (χ2v) is 7.49. The quantitative estimate of drug-likeness (QED) is 0.440. The van der Waals surface area contributed by atoms with Crippen molar-refractivity contribution in [3.05, 3.63) is 69.3 Å². The number of nitrogens with zero attached hydrogens (tertiary/aromatic N) is 1. The number of hydrogen-bond acceptors (Lipinski definition) is 3. The zero-order chi connectivity index (χ0) is 19.9. The number of nitrogens with one attached hydrogen (secondary N) is 3. The molecule has 6 nitrogen and oxygen atoms in total. The summed E-state index contributed by atoms with van der Waals surface area (Å²) in [5.74, 6) is -0.202. The number of amides is 2. The second-order valence-electron chi connectivity index (χ2n) is 6.32. The van der Waals surface area contributed by atoms with E-state index in [0.29, 0.717) is 11.4 Å². The molecule has 0 unspecified atom stereocenters. The number of aromatic amines is 1. The standard InChI is InChI=1S/C21H21IN4O2/c1-2-5-14-8-10-15(11-9-14)18-12-19(26-25-18)24-20(27)13-23-21(28)16-6-3-4-7-17(16)22/h3-4,6-12H,2,5,13H2,1H3,(H,23,28)(H2,24,25,26,27). The van der Waals surface area contributed by atoms with E-state index in [1.165, 1.54) is 5.56 Å². The highest BCUT2D eigenvalue weighted by Gasteiger charge is 2.12. The summed E-state index contributed by atoms with van der Waals surface area (Å²) in [5.41, 5.74) is 3.66. The molecule has 0 saturated carbocycles. The molecule has 3 aromatic rings. The van der Waals surface area contributed by atoms with Crippen molar-refractivity contribution in [3.63, 3.8) is 0 Å². The summed E-state index contributed by atoms with van der Waals surface area (Å²) in [7, 11) is 0. The van der Waals surface area contributed by atoms with E-state index in [1.807, 2.05) is 24.3 Å². The normalized spacial score (nSPS) is 10.5. The first-order valence-corrected chi connectivity index (χ1v) is 10.1. The van der Waals surface area contributed by atoms with Crippen molar-refractivity contribution >= 4 is 40.2 Å². The van der Waals surface area contributed by atoms with Gasteiger partial charge in [-0.1, -0.05) is 49.7 Å². The van der Waals surface area contributed by atoms with Gasteiger partial charge in [-0.15, -0.1) is 0 Å². The molecule has 3 rings (SSSR count). The summed E-state index contributed by atoms with van der Waals surface area (Å²) in [6, 6.07) is 17.2. The van der Waals surface area contributed by atoms with Gasteiger partial charge in [-0.25, -0.2) is 0 Å². The summed E-state index contributed by atoms with van der Waals surface area (Å²) in [6.07, 6.45) is 2.16. The van der Waals surface area contributed by atoms with Crippen molar-refractivity contribution in [2.45, 2.75) is 19.8 Å². The van der Waals surface area contributed by atoms with E-state index in [1.54, 1.807) is 18.2 Å². The van der Waals surface area contributed by atoms with Crippen LogP contribution in [-0.4, -0.2) is 28.6 Å². The Morgan fingerprint density at radius 2 is 1.86 bits per heavy atom. The van der Waals surface area contributed by atoms with Gasteiger partial charge in [0, 0.05) is 9.64 Å². The highest BCUT2D eigenvalue weighted by Crippen LogP contribution is 2.20. The van der Waals surface area contributed by atoms with E-state index in [0.717, 1.165) is 27.7 Å². The van der Waals surface area contributed by atoms with Gasteiger partial charge >= 0.3 is 0 Å². The number of aromatic nitrogens is 2. The first-order chi connectivity index (χ1) is 13.6.